The smallest absolute Gasteiger partial charge is 0.343 e. The summed E-state index contributed by atoms with van der Waals surface area (Å²) in [5.41, 5.74) is 1.37. The minimum atomic E-state index is -0.468. The molecule has 1 fully saturated rings. The van der Waals surface area contributed by atoms with E-state index in [9.17, 15) is 9.59 Å². The van der Waals surface area contributed by atoms with Crippen LogP contribution in [0.1, 0.15) is 55.5 Å². The zero-order valence-corrected chi connectivity index (χ0v) is 18.8. The lowest BCUT2D eigenvalue weighted by Crippen LogP contribution is -2.40. The first-order valence-corrected chi connectivity index (χ1v) is 11.1. The number of esters is 1. The third-order valence-electron chi connectivity index (χ3n) is 5.83. The largest absolute Gasteiger partial charge is 0.462 e. The van der Waals surface area contributed by atoms with Crippen molar-refractivity contribution in [2.24, 2.45) is 11.8 Å². The second-order valence-corrected chi connectivity index (χ2v) is 8.21. The van der Waals surface area contributed by atoms with Gasteiger partial charge in [-0.05, 0) is 44.1 Å². The molecule has 1 aliphatic rings. The fourth-order valence-corrected chi connectivity index (χ4v) is 4.05. The highest BCUT2D eigenvalue weighted by atomic mass is 16.5. The van der Waals surface area contributed by atoms with E-state index in [0.29, 0.717) is 37.0 Å². The van der Waals surface area contributed by atoms with E-state index in [1.54, 1.807) is 29.8 Å². The maximum atomic E-state index is 13.5. The van der Waals surface area contributed by atoms with Crippen LogP contribution in [0.5, 0.6) is 0 Å². The van der Waals surface area contributed by atoms with Gasteiger partial charge in [-0.15, -0.1) is 0 Å². The molecule has 1 heterocycles. The Morgan fingerprint density at radius 3 is 2.52 bits per heavy atom. The van der Waals surface area contributed by atoms with Gasteiger partial charge in [0.25, 0.3) is 0 Å². The molecule has 168 valence electrons. The van der Waals surface area contributed by atoms with Crippen molar-refractivity contribution in [3.8, 4) is 0 Å². The van der Waals surface area contributed by atoms with E-state index in [-0.39, 0.29) is 18.4 Å². The van der Waals surface area contributed by atoms with Gasteiger partial charge in [-0.25, -0.2) is 4.79 Å². The summed E-state index contributed by atoms with van der Waals surface area (Å²) in [4.78, 5) is 27.8. The van der Waals surface area contributed by atoms with Crippen molar-refractivity contribution in [2.75, 3.05) is 31.8 Å². The Bertz CT molecular complexity index is 857. The number of carbonyl (C=O) groups is 2. The number of rotatable bonds is 9. The number of aromatic nitrogens is 2. The predicted molar refractivity (Wildman–Crippen MR) is 119 cm³/mol. The van der Waals surface area contributed by atoms with E-state index in [2.05, 4.69) is 12.0 Å². The van der Waals surface area contributed by atoms with Gasteiger partial charge in [-0.2, -0.15) is 5.10 Å². The van der Waals surface area contributed by atoms with Gasteiger partial charge in [0, 0.05) is 19.2 Å². The van der Waals surface area contributed by atoms with Gasteiger partial charge in [0.2, 0.25) is 5.91 Å². The number of ether oxygens (including phenoxy) is 2. The molecule has 0 bridgehead atoms. The molecule has 1 saturated carbocycles. The zero-order chi connectivity index (χ0) is 22.2. The maximum absolute atomic E-state index is 13.5. The third kappa shape index (κ3) is 5.94. The SMILES string of the molecule is CCOC(=O)c1cn(Cc2ccccc2)nc1N(CCOC)C(=O)C1CCC(C)CC1. The average Bonchev–Trinajstić information content (AvgIpc) is 3.19. The first-order chi connectivity index (χ1) is 15.0. The molecular formula is C24H33N3O4. The first-order valence-electron chi connectivity index (χ1n) is 11.1. The average molecular weight is 428 g/mol. The monoisotopic (exact) mass is 427 g/mol. The van der Waals surface area contributed by atoms with E-state index in [1.807, 2.05) is 30.3 Å². The standard InChI is InChI=1S/C24H33N3O4/c1-4-31-24(29)21-17-26(16-19-8-6-5-7-9-19)25-22(21)27(14-15-30-3)23(28)20-12-10-18(2)11-13-20/h5-9,17-18,20H,4,10-16H2,1-3H3. The highest BCUT2D eigenvalue weighted by Crippen LogP contribution is 2.31. The van der Waals surface area contributed by atoms with Crippen molar-refractivity contribution in [3.63, 3.8) is 0 Å². The van der Waals surface area contributed by atoms with Crippen LogP contribution in [0.3, 0.4) is 0 Å². The van der Waals surface area contributed by atoms with Gasteiger partial charge in [-0.1, -0.05) is 37.3 Å². The highest BCUT2D eigenvalue weighted by Gasteiger charge is 2.32. The Morgan fingerprint density at radius 1 is 1.16 bits per heavy atom. The van der Waals surface area contributed by atoms with Crippen molar-refractivity contribution in [1.82, 2.24) is 9.78 Å². The molecule has 0 unspecified atom stereocenters. The summed E-state index contributed by atoms with van der Waals surface area (Å²) in [5, 5.41) is 4.66. The Hall–Kier alpha value is -2.67. The number of hydrogen-bond donors (Lipinski definition) is 0. The summed E-state index contributed by atoms with van der Waals surface area (Å²) in [7, 11) is 1.60. The lowest BCUT2D eigenvalue weighted by Gasteiger charge is -2.30. The molecule has 1 aromatic heterocycles. The minimum absolute atomic E-state index is 0.0134. The van der Waals surface area contributed by atoms with Gasteiger partial charge >= 0.3 is 5.97 Å². The maximum Gasteiger partial charge on any atom is 0.343 e. The van der Waals surface area contributed by atoms with Crippen molar-refractivity contribution in [1.29, 1.82) is 0 Å². The summed E-state index contributed by atoms with van der Waals surface area (Å²) < 4.78 is 12.2. The third-order valence-corrected chi connectivity index (χ3v) is 5.83. The van der Waals surface area contributed by atoms with Crippen LogP contribution < -0.4 is 4.90 Å². The second-order valence-electron chi connectivity index (χ2n) is 8.21. The normalized spacial score (nSPS) is 18.5. The van der Waals surface area contributed by atoms with Crippen molar-refractivity contribution in [3.05, 3.63) is 47.7 Å². The van der Waals surface area contributed by atoms with Gasteiger partial charge in [-0.3, -0.25) is 14.4 Å². The van der Waals surface area contributed by atoms with Gasteiger partial charge < -0.3 is 9.47 Å². The number of anilines is 1. The van der Waals surface area contributed by atoms with Crippen molar-refractivity contribution < 1.29 is 19.1 Å². The van der Waals surface area contributed by atoms with Crippen LogP contribution in [0.15, 0.2) is 36.5 Å². The van der Waals surface area contributed by atoms with Crippen LogP contribution in [0.4, 0.5) is 5.82 Å². The molecule has 0 N–H and O–H groups in total. The van der Waals surface area contributed by atoms with E-state index < -0.39 is 5.97 Å². The molecule has 0 aliphatic heterocycles. The van der Waals surface area contributed by atoms with E-state index in [0.717, 1.165) is 31.2 Å². The number of amides is 1. The molecule has 0 spiro atoms. The molecule has 7 heteroatoms. The lowest BCUT2D eigenvalue weighted by molar-refractivity contribution is -0.123. The highest BCUT2D eigenvalue weighted by molar-refractivity contribution is 6.02. The molecule has 1 aromatic carbocycles. The topological polar surface area (TPSA) is 73.7 Å². The minimum Gasteiger partial charge on any atom is -0.462 e. The number of hydrogen-bond acceptors (Lipinski definition) is 5. The van der Waals surface area contributed by atoms with Crippen LogP contribution >= 0.6 is 0 Å². The van der Waals surface area contributed by atoms with Gasteiger partial charge in [0.15, 0.2) is 5.82 Å². The van der Waals surface area contributed by atoms with Crippen molar-refractivity contribution in [2.45, 2.75) is 46.1 Å². The molecule has 0 radical (unpaired) electrons. The van der Waals surface area contributed by atoms with Gasteiger partial charge in [0.1, 0.15) is 5.56 Å². The Morgan fingerprint density at radius 2 is 1.87 bits per heavy atom. The summed E-state index contributed by atoms with van der Waals surface area (Å²) in [6.45, 7) is 5.46. The van der Waals surface area contributed by atoms with E-state index >= 15 is 0 Å². The lowest BCUT2D eigenvalue weighted by atomic mass is 9.82. The van der Waals surface area contributed by atoms with Crippen LogP contribution in [0.2, 0.25) is 0 Å². The number of methoxy groups -OCH3 is 1. The predicted octanol–water partition coefficient (Wildman–Crippen LogP) is 3.91. The van der Waals surface area contributed by atoms with Gasteiger partial charge in [0.05, 0.1) is 26.3 Å². The zero-order valence-electron chi connectivity index (χ0n) is 18.8. The van der Waals surface area contributed by atoms with Crippen LogP contribution in [0, 0.1) is 11.8 Å². The summed E-state index contributed by atoms with van der Waals surface area (Å²) in [6, 6.07) is 9.89. The molecule has 7 nitrogen and oxygen atoms in total. The quantitative estimate of drug-likeness (QED) is 0.567. The van der Waals surface area contributed by atoms with Crippen LogP contribution in [-0.4, -0.2) is 48.5 Å². The summed E-state index contributed by atoms with van der Waals surface area (Å²) >= 11 is 0. The Kier molecular flexibility index (Phi) is 8.23. The Labute approximate surface area is 184 Å². The molecule has 0 atom stereocenters. The molecule has 31 heavy (non-hydrogen) atoms. The van der Waals surface area contributed by atoms with Crippen LogP contribution in [-0.2, 0) is 20.8 Å². The van der Waals surface area contributed by atoms with Crippen LogP contribution in [0.25, 0.3) is 0 Å². The van der Waals surface area contributed by atoms with E-state index in [1.165, 1.54) is 0 Å². The number of carbonyl (C=O) groups excluding carboxylic acids is 2. The second kappa shape index (κ2) is 11.1. The molecular weight excluding hydrogens is 394 g/mol. The number of nitrogens with zero attached hydrogens (tertiary/aromatic N) is 3. The molecule has 0 saturated heterocycles. The van der Waals surface area contributed by atoms with Crippen molar-refractivity contribution >= 4 is 17.7 Å². The molecule has 2 aromatic rings. The van der Waals surface area contributed by atoms with E-state index in [4.69, 9.17) is 9.47 Å². The fraction of sp³-hybridized carbons (Fsp3) is 0.542. The summed E-state index contributed by atoms with van der Waals surface area (Å²) in [5.74, 6) is 0.498. The Balaban J connectivity index is 1.93. The number of benzene rings is 1. The molecule has 1 aliphatic carbocycles. The fourth-order valence-electron chi connectivity index (χ4n) is 4.05. The summed E-state index contributed by atoms with van der Waals surface area (Å²) in [6.07, 6.45) is 5.49. The molecule has 3 rings (SSSR count). The molecule has 1 amide bonds. The first kappa shape index (κ1) is 23.0.